The summed E-state index contributed by atoms with van der Waals surface area (Å²) in [4.78, 5) is 45.7. The Morgan fingerprint density at radius 3 is 2.29 bits per heavy atom. The molecule has 304 valence electrons. The van der Waals surface area contributed by atoms with Crippen molar-refractivity contribution in [2.45, 2.75) is 116 Å². The number of unbranched alkanes of at least 4 members (excludes halogenated alkanes) is 1. The van der Waals surface area contributed by atoms with Crippen molar-refractivity contribution in [3.8, 4) is 17.4 Å². The first kappa shape index (κ1) is 42.4. The van der Waals surface area contributed by atoms with E-state index in [0.717, 1.165) is 12.8 Å². The third-order valence-corrected chi connectivity index (χ3v) is 15.7. The summed E-state index contributed by atoms with van der Waals surface area (Å²) in [5.41, 5.74) is -2.03. The zero-order chi connectivity index (χ0) is 41.0. The molecule has 0 saturated heterocycles. The van der Waals surface area contributed by atoms with E-state index in [1.807, 2.05) is 59.8 Å². The minimum atomic E-state index is -2.93. The van der Waals surface area contributed by atoms with E-state index in [1.165, 1.54) is 27.4 Å². The number of benzene rings is 1. The first-order valence-electron chi connectivity index (χ1n) is 18.8. The fourth-order valence-electron chi connectivity index (χ4n) is 7.81. The van der Waals surface area contributed by atoms with Crippen LogP contribution < -0.4 is 14.2 Å². The van der Waals surface area contributed by atoms with Crippen LogP contribution in [0.4, 0.5) is 4.79 Å². The maximum atomic E-state index is 15.4. The summed E-state index contributed by atoms with van der Waals surface area (Å²) in [5, 5.41) is 16.7. The molecule has 0 aliphatic heterocycles. The van der Waals surface area contributed by atoms with Crippen molar-refractivity contribution in [3.63, 3.8) is 0 Å². The van der Waals surface area contributed by atoms with Gasteiger partial charge in [-0.3, -0.25) is 14.5 Å². The molecular formula is C40H58N2O12Si. The summed E-state index contributed by atoms with van der Waals surface area (Å²) in [6.07, 6.45) is -0.0210. The highest BCUT2D eigenvalue weighted by Gasteiger charge is 2.67. The standard InChI is InChI=1S/C40H58N2O12Si/c1-15-16-17-50-35-28-32(53-41-35)29(42(8)9)24-19-21-18-22-27(30(43)26(21)33(44)40(24,34(28)45)54-55(13,14)39(5,6)7)25(51-37(46)52-38(2,3)4)20-23(31(22)47-10)36(48-11)49-12/h20-21,24,29,36,44H,15-19H2,1-14H3/t21-,24-,29-,40-/m0/s1. The Kier molecular flexibility index (Phi) is 11.8. The normalized spacial score (nSPS) is 22.7. The number of methoxy groups -OCH3 is 3. The van der Waals surface area contributed by atoms with Gasteiger partial charge in [0, 0.05) is 31.3 Å². The van der Waals surface area contributed by atoms with Crippen molar-refractivity contribution in [1.29, 1.82) is 0 Å². The number of rotatable bonds is 12. The average Bonchev–Trinajstić information content (AvgIpc) is 3.48. The number of allylic oxidation sites excluding steroid dienone is 1. The predicted octanol–water partition coefficient (Wildman–Crippen LogP) is 7.91. The lowest BCUT2D eigenvalue weighted by molar-refractivity contribution is -0.107. The maximum Gasteiger partial charge on any atom is 0.514 e. The molecule has 14 nitrogen and oxygen atoms in total. The highest BCUT2D eigenvalue weighted by molar-refractivity contribution is 6.74. The molecule has 55 heavy (non-hydrogen) atoms. The number of fused-ring (bicyclic) bond motifs is 4. The van der Waals surface area contributed by atoms with Gasteiger partial charge in [-0.2, -0.15) is 0 Å². The monoisotopic (exact) mass is 786 g/mol. The van der Waals surface area contributed by atoms with E-state index in [2.05, 4.69) is 5.16 Å². The van der Waals surface area contributed by atoms with Crippen LogP contribution in [0.5, 0.6) is 17.4 Å². The van der Waals surface area contributed by atoms with E-state index in [0.29, 0.717) is 29.2 Å². The molecule has 0 amide bonds. The molecule has 1 N–H and O–H groups in total. The largest absolute Gasteiger partial charge is 0.514 e. The van der Waals surface area contributed by atoms with E-state index in [1.54, 1.807) is 20.8 Å². The topological polar surface area (TPSA) is 165 Å². The van der Waals surface area contributed by atoms with Crippen LogP contribution in [-0.2, 0) is 25.1 Å². The Labute approximate surface area is 324 Å². The van der Waals surface area contributed by atoms with Gasteiger partial charge >= 0.3 is 6.16 Å². The third kappa shape index (κ3) is 7.34. The lowest BCUT2D eigenvalue weighted by Crippen LogP contribution is -2.65. The van der Waals surface area contributed by atoms with Crippen molar-refractivity contribution < 1.29 is 56.9 Å². The molecule has 2 aromatic rings. The Morgan fingerprint density at radius 1 is 1.09 bits per heavy atom. The number of ketones is 2. The van der Waals surface area contributed by atoms with Crippen molar-refractivity contribution in [2.75, 3.05) is 42.0 Å². The fraction of sp³-hybridized carbons (Fsp3) is 0.650. The second kappa shape index (κ2) is 15.3. The van der Waals surface area contributed by atoms with Crippen LogP contribution in [0, 0.1) is 11.8 Å². The Bertz CT molecular complexity index is 1850. The maximum absolute atomic E-state index is 15.4. The molecule has 1 aromatic carbocycles. The predicted molar refractivity (Wildman–Crippen MR) is 205 cm³/mol. The minimum absolute atomic E-state index is 0.000505. The fourth-order valence-corrected chi connectivity index (χ4v) is 9.26. The number of carbonyl (C=O) groups excluding carboxylic acids is 3. The van der Waals surface area contributed by atoms with Crippen LogP contribution in [0.25, 0.3) is 0 Å². The van der Waals surface area contributed by atoms with Gasteiger partial charge in [0.25, 0.3) is 5.88 Å². The summed E-state index contributed by atoms with van der Waals surface area (Å²) in [6, 6.07) is 0.833. The Hall–Kier alpha value is -3.76. The number of nitrogens with zero attached hydrogens (tertiary/aromatic N) is 2. The number of ether oxygens (including phenoxy) is 6. The molecule has 1 heterocycles. The summed E-state index contributed by atoms with van der Waals surface area (Å²) >= 11 is 0. The molecule has 0 bridgehead atoms. The number of aromatic nitrogens is 1. The van der Waals surface area contributed by atoms with Crippen molar-refractivity contribution in [2.24, 2.45) is 11.8 Å². The second-order valence-corrected chi connectivity index (χ2v) is 22.0. The molecule has 15 heteroatoms. The van der Waals surface area contributed by atoms with Gasteiger partial charge in [-0.05, 0) is 89.4 Å². The molecule has 0 saturated carbocycles. The van der Waals surface area contributed by atoms with Gasteiger partial charge in [-0.25, -0.2) is 4.79 Å². The van der Waals surface area contributed by atoms with E-state index >= 15 is 9.59 Å². The summed E-state index contributed by atoms with van der Waals surface area (Å²) in [6.45, 7) is 17.5. The third-order valence-electron chi connectivity index (χ3n) is 11.3. The lowest BCUT2D eigenvalue weighted by atomic mass is 9.58. The molecular weight excluding hydrogens is 729 g/mol. The minimum Gasteiger partial charge on any atom is -0.508 e. The lowest BCUT2D eigenvalue weighted by Gasteiger charge is -2.55. The Morgan fingerprint density at radius 2 is 1.75 bits per heavy atom. The van der Waals surface area contributed by atoms with Crippen molar-refractivity contribution in [1.82, 2.24) is 10.1 Å². The summed E-state index contributed by atoms with van der Waals surface area (Å²) < 4.78 is 47.6. The smallest absolute Gasteiger partial charge is 0.508 e. The second-order valence-electron chi connectivity index (χ2n) is 17.3. The Balaban J connectivity index is 1.82. The zero-order valence-electron chi connectivity index (χ0n) is 34.8. The molecule has 3 aliphatic rings. The SMILES string of the molecule is CCCCOc1noc2c1C(=O)[C@@]1(O[Si](C)(C)C(C)(C)C)C(O)=C3C(=O)c4c(OC(=O)OC(C)(C)C)cc(C(OC)OC)c(OC)c4C[C@H]3C[C@H]1[C@@H]2N(C)C. The average molecular weight is 787 g/mol. The number of hydrogen-bond acceptors (Lipinski definition) is 14. The molecule has 0 spiro atoms. The number of Topliss-reactive ketones (excluding diaryl/α,β-unsaturated/α-hetero) is 2. The number of carbonyl (C=O) groups is 3. The van der Waals surface area contributed by atoms with Crippen LogP contribution in [0.15, 0.2) is 21.9 Å². The molecule has 4 atom stereocenters. The number of aliphatic hydroxyl groups is 1. The van der Waals surface area contributed by atoms with Gasteiger partial charge < -0.3 is 42.5 Å². The van der Waals surface area contributed by atoms with Crippen LogP contribution in [-0.4, -0.2) is 94.4 Å². The van der Waals surface area contributed by atoms with Gasteiger partial charge in [0.05, 0.1) is 30.9 Å². The number of aliphatic hydroxyl groups excluding tert-OH is 1. The summed E-state index contributed by atoms with van der Waals surface area (Å²) in [5.74, 6) is -2.54. The quantitative estimate of drug-likeness (QED) is 0.0725. The van der Waals surface area contributed by atoms with Crippen LogP contribution in [0.3, 0.4) is 0 Å². The van der Waals surface area contributed by atoms with Gasteiger partial charge in [0.1, 0.15) is 28.4 Å². The van der Waals surface area contributed by atoms with Gasteiger partial charge in [0.2, 0.25) is 5.78 Å². The van der Waals surface area contributed by atoms with Crippen LogP contribution in [0.1, 0.15) is 118 Å². The molecule has 5 rings (SSSR count). The molecule has 1 aromatic heterocycles. The molecule has 3 aliphatic carbocycles. The first-order chi connectivity index (χ1) is 25.6. The first-order valence-corrected chi connectivity index (χ1v) is 21.7. The highest BCUT2D eigenvalue weighted by Crippen LogP contribution is 2.60. The highest BCUT2D eigenvalue weighted by atomic mass is 28.4. The van der Waals surface area contributed by atoms with Gasteiger partial charge in [-0.1, -0.05) is 34.1 Å². The van der Waals surface area contributed by atoms with Crippen molar-refractivity contribution in [3.05, 3.63) is 45.4 Å². The van der Waals surface area contributed by atoms with E-state index in [4.69, 9.17) is 37.4 Å². The van der Waals surface area contributed by atoms with Gasteiger partial charge in [0.15, 0.2) is 31.8 Å². The van der Waals surface area contributed by atoms with Crippen LogP contribution in [0.2, 0.25) is 18.1 Å². The summed E-state index contributed by atoms with van der Waals surface area (Å²) in [7, 11) is 5.18. The van der Waals surface area contributed by atoms with Crippen molar-refractivity contribution >= 4 is 26.0 Å². The molecule has 0 fully saturated rings. The van der Waals surface area contributed by atoms with Gasteiger partial charge in [-0.15, -0.1) is 0 Å². The number of hydrogen-bond donors (Lipinski definition) is 1. The van der Waals surface area contributed by atoms with E-state index in [9.17, 15) is 9.90 Å². The van der Waals surface area contributed by atoms with Crippen LogP contribution >= 0.6 is 0 Å². The molecule has 0 unspecified atom stereocenters. The molecule has 0 radical (unpaired) electrons. The zero-order valence-corrected chi connectivity index (χ0v) is 35.8. The van der Waals surface area contributed by atoms with E-state index in [-0.39, 0.29) is 41.2 Å². The van der Waals surface area contributed by atoms with E-state index < -0.39 is 72.2 Å².